The van der Waals surface area contributed by atoms with E-state index >= 15 is 0 Å². The Morgan fingerprint density at radius 3 is 2.80 bits per heavy atom. The lowest BCUT2D eigenvalue weighted by atomic mass is 10.1. The largest absolute Gasteiger partial charge is 0.129 e. The summed E-state index contributed by atoms with van der Waals surface area (Å²) < 4.78 is 0. The van der Waals surface area contributed by atoms with Crippen LogP contribution in [0.3, 0.4) is 0 Å². The van der Waals surface area contributed by atoms with Gasteiger partial charge >= 0.3 is 0 Å². The van der Waals surface area contributed by atoms with Crippen molar-refractivity contribution in [2.45, 2.75) is 24.2 Å². The summed E-state index contributed by atoms with van der Waals surface area (Å²) in [6.45, 7) is 0. The van der Waals surface area contributed by atoms with Gasteiger partial charge in [0, 0.05) is 23.6 Å². The summed E-state index contributed by atoms with van der Waals surface area (Å²) >= 11 is 7.35. The number of alkyl halides is 1. The molecule has 0 atom stereocenters. The second-order valence-electron chi connectivity index (χ2n) is 3.13. The highest BCUT2D eigenvalue weighted by molar-refractivity contribution is 7.98. The van der Waals surface area contributed by atoms with Crippen LogP contribution in [0, 0.1) is 11.8 Å². The zero-order valence-corrected chi connectivity index (χ0v) is 10.5. The molecule has 0 aliphatic carbocycles. The zero-order valence-electron chi connectivity index (χ0n) is 8.92. The minimum Gasteiger partial charge on any atom is -0.129 e. The zero-order chi connectivity index (χ0) is 10.9. The van der Waals surface area contributed by atoms with Crippen LogP contribution in [0.15, 0.2) is 29.2 Å². The van der Waals surface area contributed by atoms with Gasteiger partial charge in [-0.2, -0.15) is 0 Å². The van der Waals surface area contributed by atoms with Gasteiger partial charge in [0.25, 0.3) is 0 Å². The van der Waals surface area contributed by atoms with Crippen molar-refractivity contribution < 1.29 is 0 Å². The summed E-state index contributed by atoms with van der Waals surface area (Å²) in [6.07, 6.45) is 4.84. The summed E-state index contributed by atoms with van der Waals surface area (Å²) in [4.78, 5) is 1.32. The lowest BCUT2D eigenvalue weighted by Crippen LogP contribution is -1.85. The summed E-state index contributed by atoms with van der Waals surface area (Å²) in [5, 5.41) is 0. The molecule has 1 rings (SSSR count). The SMILES string of the molecule is CSc1ccccc1CC#CCCCCl. The van der Waals surface area contributed by atoms with Crippen LogP contribution in [0.25, 0.3) is 0 Å². The van der Waals surface area contributed by atoms with Crippen molar-refractivity contribution in [2.75, 3.05) is 12.1 Å². The molecule has 0 aromatic heterocycles. The third-order valence-electron chi connectivity index (χ3n) is 2.03. The molecule has 0 spiro atoms. The van der Waals surface area contributed by atoms with E-state index in [4.69, 9.17) is 11.6 Å². The minimum atomic E-state index is 0.704. The average molecular weight is 239 g/mol. The maximum absolute atomic E-state index is 5.57. The van der Waals surface area contributed by atoms with Crippen molar-refractivity contribution in [3.05, 3.63) is 29.8 Å². The van der Waals surface area contributed by atoms with E-state index in [2.05, 4.69) is 42.4 Å². The van der Waals surface area contributed by atoms with Gasteiger partial charge in [-0.1, -0.05) is 24.1 Å². The van der Waals surface area contributed by atoms with E-state index in [0.717, 1.165) is 19.3 Å². The molecule has 80 valence electrons. The number of unbranched alkanes of at least 4 members (excludes halogenated alkanes) is 1. The standard InChI is InChI=1S/C13H15ClS/c1-15-13-10-6-5-9-12(13)8-4-2-3-7-11-14/h5-6,9-10H,3,7-8,11H2,1H3. The molecule has 0 saturated carbocycles. The highest BCUT2D eigenvalue weighted by Crippen LogP contribution is 2.19. The molecule has 0 saturated heterocycles. The highest BCUT2D eigenvalue weighted by atomic mass is 35.5. The first-order valence-electron chi connectivity index (χ1n) is 5.02. The summed E-state index contributed by atoms with van der Waals surface area (Å²) in [5.74, 6) is 7.04. The molecule has 0 heterocycles. The predicted octanol–water partition coefficient (Wildman–Crippen LogP) is 3.97. The lowest BCUT2D eigenvalue weighted by Gasteiger charge is -2.01. The molecule has 0 unspecified atom stereocenters. The molecule has 0 fully saturated rings. The summed E-state index contributed by atoms with van der Waals surface area (Å²) in [5.41, 5.74) is 1.32. The monoisotopic (exact) mass is 238 g/mol. The number of halogens is 1. The van der Waals surface area contributed by atoms with Crippen molar-refractivity contribution in [3.8, 4) is 11.8 Å². The molecule has 0 nitrogen and oxygen atoms in total. The topological polar surface area (TPSA) is 0 Å². The first-order chi connectivity index (χ1) is 7.38. The molecular formula is C13H15ClS. The van der Waals surface area contributed by atoms with Gasteiger partial charge in [0.1, 0.15) is 0 Å². The van der Waals surface area contributed by atoms with Gasteiger partial charge in [0.05, 0.1) is 0 Å². The molecule has 0 aliphatic heterocycles. The first kappa shape index (κ1) is 12.5. The Balaban J connectivity index is 2.51. The number of hydrogen-bond donors (Lipinski definition) is 0. The quantitative estimate of drug-likeness (QED) is 0.331. The summed E-state index contributed by atoms with van der Waals surface area (Å²) in [7, 11) is 0. The smallest absolute Gasteiger partial charge is 0.0351 e. The molecular weight excluding hydrogens is 224 g/mol. The van der Waals surface area contributed by atoms with Crippen molar-refractivity contribution >= 4 is 23.4 Å². The normalized spacial score (nSPS) is 9.47. The van der Waals surface area contributed by atoms with Gasteiger partial charge in [-0.3, -0.25) is 0 Å². The van der Waals surface area contributed by atoms with E-state index in [1.807, 2.05) is 0 Å². The van der Waals surface area contributed by atoms with Crippen molar-refractivity contribution in [2.24, 2.45) is 0 Å². The van der Waals surface area contributed by atoms with E-state index in [1.165, 1.54) is 10.5 Å². The molecule has 0 radical (unpaired) electrons. The van der Waals surface area contributed by atoms with Gasteiger partial charge in [-0.05, 0) is 24.3 Å². The third kappa shape index (κ3) is 4.64. The molecule has 15 heavy (non-hydrogen) atoms. The number of thioether (sulfide) groups is 1. The van der Waals surface area contributed by atoms with Crippen LogP contribution in [0.5, 0.6) is 0 Å². The Morgan fingerprint density at radius 2 is 2.07 bits per heavy atom. The van der Waals surface area contributed by atoms with E-state index in [-0.39, 0.29) is 0 Å². The van der Waals surface area contributed by atoms with Gasteiger partial charge in [-0.15, -0.1) is 29.3 Å². The molecule has 0 bridgehead atoms. The average Bonchev–Trinajstić information content (AvgIpc) is 2.29. The number of rotatable bonds is 4. The van der Waals surface area contributed by atoms with Crippen LogP contribution in [0.4, 0.5) is 0 Å². The maximum Gasteiger partial charge on any atom is 0.0351 e. The van der Waals surface area contributed by atoms with Crippen LogP contribution in [0.1, 0.15) is 18.4 Å². The van der Waals surface area contributed by atoms with E-state index in [0.29, 0.717) is 5.88 Å². The number of benzene rings is 1. The van der Waals surface area contributed by atoms with E-state index in [9.17, 15) is 0 Å². The highest BCUT2D eigenvalue weighted by Gasteiger charge is 1.96. The molecule has 2 heteroatoms. The lowest BCUT2D eigenvalue weighted by molar-refractivity contribution is 0.989. The van der Waals surface area contributed by atoms with Crippen LogP contribution >= 0.6 is 23.4 Å². The fraction of sp³-hybridized carbons (Fsp3) is 0.385. The van der Waals surface area contributed by atoms with Crippen molar-refractivity contribution in [3.63, 3.8) is 0 Å². The van der Waals surface area contributed by atoms with Crippen LogP contribution in [0.2, 0.25) is 0 Å². The Hall–Kier alpha value is -0.580. The van der Waals surface area contributed by atoms with Crippen molar-refractivity contribution in [1.29, 1.82) is 0 Å². The molecule has 0 N–H and O–H groups in total. The Labute approximate surface area is 101 Å². The molecule has 1 aromatic rings. The van der Waals surface area contributed by atoms with Gasteiger partial charge in [0.2, 0.25) is 0 Å². The van der Waals surface area contributed by atoms with Gasteiger partial charge in [-0.25, -0.2) is 0 Å². The second-order valence-corrected chi connectivity index (χ2v) is 4.36. The molecule has 1 aromatic carbocycles. The van der Waals surface area contributed by atoms with Crippen molar-refractivity contribution in [1.82, 2.24) is 0 Å². The first-order valence-corrected chi connectivity index (χ1v) is 6.78. The fourth-order valence-electron chi connectivity index (χ4n) is 1.25. The van der Waals surface area contributed by atoms with Crippen LogP contribution < -0.4 is 0 Å². The number of hydrogen-bond acceptors (Lipinski definition) is 1. The Morgan fingerprint density at radius 1 is 1.27 bits per heavy atom. The predicted molar refractivity (Wildman–Crippen MR) is 69.7 cm³/mol. The summed E-state index contributed by atoms with van der Waals surface area (Å²) in [6, 6.07) is 8.41. The second kappa shape index (κ2) is 7.68. The van der Waals surface area contributed by atoms with Crippen LogP contribution in [-0.2, 0) is 6.42 Å². The molecule has 0 aliphatic rings. The minimum absolute atomic E-state index is 0.704. The third-order valence-corrected chi connectivity index (χ3v) is 3.14. The maximum atomic E-state index is 5.57. The Bertz CT molecular complexity index is 349. The molecule has 0 amide bonds. The van der Waals surface area contributed by atoms with Gasteiger partial charge in [0.15, 0.2) is 0 Å². The van der Waals surface area contributed by atoms with E-state index < -0.39 is 0 Å². The fourth-order valence-corrected chi connectivity index (χ4v) is 2.00. The van der Waals surface area contributed by atoms with Crippen LogP contribution in [-0.4, -0.2) is 12.1 Å². The van der Waals surface area contributed by atoms with Gasteiger partial charge < -0.3 is 0 Å². The van der Waals surface area contributed by atoms with E-state index in [1.54, 1.807) is 11.8 Å². The Kier molecular flexibility index (Phi) is 6.39.